The van der Waals surface area contributed by atoms with Crippen LogP contribution in [0.5, 0.6) is 0 Å². The highest BCUT2D eigenvalue weighted by Gasteiger charge is 2.21. The summed E-state index contributed by atoms with van der Waals surface area (Å²) in [6.07, 6.45) is 10.1. The van der Waals surface area contributed by atoms with Crippen LogP contribution in [0.25, 0.3) is 0 Å². The fraction of sp³-hybridized carbons (Fsp3) is 0.692. The fourth-order valence-corrected chi connectivity index (χ4v) is 3.35. The van der Waals surface area contributed by atoms with Crippen LogP contribution < -0.4 is 0 Å². The minimum absolute atomic E-state index is 0.647. The summed E-state index contributed by atoms with van der Waals surface area (Å²) >= 11 is 5.43. The second-order valence-electron chi connectivity index (χ2n) is 5.07. The third-order valence-corrected chi connectivity index (χ3v) is 4.31. The molecule has 1 N–H and O–H groups in total. The summed E-state index contributed by atoms with van der Waals surface area (Å²) < 4.78 is 0.871. The van der Waals surface area contributed by atoms with Gasteiger partial charge in [-0.2, -0.15) is 0 Å². The van der Waals surface area contributed by atoms with Crippen molar-refractivity contribution in [1.82, 2.24) is 9.97 Å². The normalized spacial score (nSPS) is 21.0. The second-order valence-corrected chi connectivity index (χ2v) is 5.46. The van der Waals surface area contributed by atoms with Gasteiger partial charge < -0.3 is 4.98 Å². The van der Waals surface area contributed by atoms with Crippen molar-refractivity contribution in [2.75, 3.05) is 0 Å². The van der Waals surface area contributed by atoms with Gasteiger partial charge in [-0.1, -0.05) is 25.1 Å². The van der Waals surface area contributed by atoms with E-state index in [1.807, 2.05) is 0 Å². The van der Waals surface area contributed by atoms with E-state index in [0.717, 1.165) is 11.1 Å². The Morgan fingerprint density at radius 1 is 1.06 bits per heavy atom. The first-order valence-electron chi connectivity index (χ1n) is 6.46. The Hall–Kier alpha value is -0.700. The van der Waals surface area contributed by atoms with Gasteiger partial charge >= 0.3 is 0 Å². The predicted molar refractivity (Wildman–Crippen MR) is 67.3 cm³/mol. The molecule has 0 aliphatic heterocycles. The summed E-state index contributed by atoms with van der Waals surface area (Å²) in [5, 5.41) is 0. The summed E-state index contributed by atoms with van der Waals surface area (Å²) in [5.41, 5.74) is 2.70. The maximum absolute atomic E-state index is 5.43. The predicted octanol–water partition coefficient (Wildman–Crippen LogP) is 3.68. The maximum atomic E-state index is 5.43. The lowest BCUT2D eigenvalue weighted by Gasteiger charge is -2.18. The van der Waals surface area contributed by atoms with Crippen molar-refractivity contribution in [1.29, 1.82) is 0 Å². The Balaban J connectivity index is 2.01. The minimum Gasteiger partial charge on any atom is -0.347 e. The molecule has 16 heavy (non-hydrogen) atoms. The summed E-state index contributed by atoms with van der Waals surface area (Å²) in [6, 6.07) is 0. The summed E-state index contributed by atoms with van der Waals surface area (Å²) in [6.45, 7) is 0. The average Bonchev–Trinajstić information content (AvgIpc) is 2.82. The number of hydrogen-bond donors (Lipinski definition) is 1. The highest BCUT2D eigenvalue weighted by atomic mass is 32.1. The lowest BCUT2D eigenvalue weighted by atomic mass is 9.97. The molecule has 1 saturated carbocycles. The van der Waals surface area contributed by atoms with Crippen molar-refractivity contribution in [2.24, 2.45) is 0 Å². The summed E-state index contributed by atoms with van der Waals surface area (Å²) in [7, 11) is 0. The van der Waals surface area contributed by atoms with Crippen LogP contribution in [0.1, 0.15) is 61.5 Å². The van der Waals surface area contributed by atoms with Crippen LogP contribution in [-0.2, 0) is 12.8 Å². The lowest BCUT2D eigenvalue weighted by molar-refractivity contribution is 0.616. The zero-order valence-corrected chi connectivity index (χ0v) is 10.4. The molecule has 0 aromatic carbocycles. The van der Waals surface area contributed by atoms with Gasteiger partial charge in [-0.3, -0.25) is 0 Å². The molecule has 1 aromatic heterocycles. The van der Waals surface area contributed by atoms with Gasteiger partial charge in [0.15, 0.2) is 0 Å². The van der Waals surface area contributed by atoms with E-state index in [2.05, 4.69) is 9.97 Å². The lowest BCUT2D eigenvalue weighted by Crippen LogP contribution is -2.11. The van der Waals surface area contributed by atoms with Crippen LogP contribution >= 0.6 is 12.2 Å². The molecule has 3 heteroatoms. The zero-order valence-electron chi connectivity index (χ0n) is 9.59. The summed E-state index contributed by atoms with van der Waals surface area (Å²) in [4.78, 5) is 8.20. The van der Waals surface area contributed by atoms with Gasteiger partial charge in [-0.15, -0.1) is 0 Å². The molecule has 2 aliphatic rings. The van der Waals surface area contributed by atoms with E-state index in [0.29, 0.717) is 5.92 Å². The molecule has 0 spiro atoms. The molecule has 86 valence electrons. The van der Waals surface area contributed by atoms with Gasteiger partial charge in [0.25, 0.3) is 0 Å². The number of aryl methyl sites for hydroxylation is 1. The topological polar surface area (TPSA) is 28.7 Å². The molecule has 1 aromatic rings. The van der Waals surface area contributed by atoms with Crippen LogP contribution in [0, 0.1) is 4.64 Å². The van der Waals surface area contributed by atoms with Crippen molar-refractivity contribution < 1.29 is 0 Å². The van der Waals surface area contributed by atoms with Gasteiger partial charge in [0.05, 0.1) is 0 Å². The minimum atomic E-state index is 0.647. The number of nitrogens with one attached hydrogen (secondary N) is 1. The zero-order chi connectivity index (χ0) is 11.0. The Morgan fingerprint density at radius 2 is 1.81 bits per heavy atom. The molecule has 0 saturated heterocycles. The Kier molecular flexibility index (Phi) is 2.80. The quantitative estimate of drug-likeness (QED) is 0.751. The first-order chi connectivity index (χ1) is 7.84. The highest BCUT2D eigenvalue weighted by molar-refractivity contribution is 7.71. The monoisotopic (exact) mass is 234 g/mol. The van der Waals surface area contributed by atoms with Gasteiger partial charge in [-0.05, 0) is 38.5 Å². The Bertz CT molecular complexity index is 444. The van der Waals surface area contributed by atoms with E-state index in [4.69, 9.17) is 12.2 Å². The molecule has 0 radical (unpaired) electrons. The number of rotatable bonds is 1. The fourth-order valence-electron chi connectivity index (χ4n) is 3.03. The van der Waals surface area contributed by atoms with E-state index in [1.54, 1.807) is 0 Å². The number of fused-ring (bicyclic) bond motifs is 1. The molecule has 0 bridgehead atoms. The molecular weight excluding hydrogens is 216 g/mol. The maximum Gasteiger partial charge on any atom is 0.133 e. The van der Waals surface area contributed by atoms with Crippen molar-refractivity contribution in [3.8, 4) is 0 Å². The Labute approximate surface area is 102 Å². The number of hydrogen-bond acceptors (Lipinski definition) is 2. The molecular formula is C13H18N2S. The smallest absolute Gasteiger partial charge is 0.133 e. The van der Waals surface area contributed by atoms with Crippen LogP contribution in [0.4, 0.5) is 0 Å². The number of H-pyrrole nitrogens is 1. The third kappa shape index (κ3) is 1.81. The molecule has 2 aliphatic carbocycles. The highest BCUT2D eigenvalue weighted by Crippen LogP contribution is 2.33. The first-order valence-corrected chi connectivity index (χ1v) is 6.87. The van der Waals surface area contributed by atoms with E-state index in [1.165, 1.54) is 62.0 Å². The average molecular weight is 234 g/mol. The first kappa shape index (κ1) is 10.5. The van der Waals surface area contributed by atoms with Crippen LogP contribution in [0.2, 0.25) is 0 Å². The van der Waals surface area contributed by atoms with Gasteiger partial charge in [0.2, 0.25) is 0 Å². The molecule has 0 amide bonds. The molecule has 3 rings (SSSR count). The SMILES string of the molecule is S=c1nc(C2CCCC2)[nH]c2c1CCCC2. The van der Waals surface area contributed by atoms with Crippen LogP contribution in [-0.4, -0.2) is 9.97 Å². The van der Waals surface area contributed by atoms with E-state index >= 15 is 0 Å². The van der Waals surface area contributed by atoms with Gasteiger partial charge in [0, 0.05) is 17.2 Å². The van der Waals surface area contributed by atoms with Gasteiger partial charge in [0.1, 0.15) is 10.5 Å². The van der Waals surface area contributed by atoms with E-state index < -0.39 is 0 Å². The molecule has 2 nitrogen and oxygen atoms in total. The molecule has 0 unspecified atom stereocenters. The number of aromatic nitrogens is 2. The van der Waals surface area contributed by atoms with Crippen LogP contribution in [0.15, 0.2) is 0 Å². The van der Waals surface area contributed by atoms with Gasteiger partial charge in [-0.25, -0.2) is 4.98 Å². The standard InChI is InChI=1S/C13H18N2S/c16-13-10-7-3-4-8-11(10)14-12(15-13)9-5-1-2-6-9/h9H,1-8H2,(H,14,15,16). The third-order valence-electron chi connectivity index (χ3n) is 3.97. The van der Waals surface area contributed by atoms with Crippen molar-refractivity contribution in [3.63, 3.8) is 0 Å². The van der Waals surface area contributed by atoms with Crippen LogP contribution in [0.3, 0.4) is 0 Å². The van der Waals surface area contributed by atoms with Crippen molar-refractivity contribution in [3.05, 3.63) is 21.7 Å². The second kappa shape index (κ2) is 4.28. The van der Waals surface area contributed by atoms with E-state index in [9.17, 15) is 0 Å². The molecule has 1 heterocycles. The summed E-state index contributed by atoms with van der Waals surface area (Å²) in [5.74, 6) is 1.82. The van der Waals surface area contributed by atoms with Crippen molar-refractivity contribution in [2.45, 2.75) is 57.3 Å². The molecule has 1 fully saturated rings. The number of aromatic amines is 1. The Morgan fingerprint density at radius 3 is 2.62 bits per heavy atom. The largest absolute Gasteiger partial charge is 0.347 e. The molecule has 0 atom stereocenters. The van der Waals surface area contributed by atoms with E-state index in [-0.39, 0.29) is 0 Å². The van der Waals surface area contributed by atoms with Crippen molar-refractivity contribution >= 4 is 12.2 Å². The number of nitrogens with zero attached hydrogens (tertiary/aromatic N) is 1.